The van der Waals surface area contributed by atoms with E-state index in [1.807, 2.05) is 12.3 Å². The van der Waals surface area contributed by atoms with Crippen molar-refractivity contribution >= 4 is 29.2 Å². The number of aromatic nitrogens is 1. The highest BCUT2D eigenvalue weighted by Gasteiger charge is 2.58. The molecule has 2 aliphatic rings. The Morgan fingerprint density at radius 2 is 2.10 bits per heavy atom. The monoisotopic (exact) mass is 293 g/mol. The molecule has 0 radical (unpaired) electrons. The van der Waals surface area contributed by atoms with Crippen LogP contribution in [0, 0.1) is 12.3 Å². The molecule has 6 nitrogen and oxygen atoms in total. The molecule has 7 heteroatoms. The van der Waals surface area contributed by atoms with Crippen LogP contribution < -0.4 is 5.32 Å². The van der Waals surface area contributed by atoms with Gasteiger partial charge in [-0.15, -0.1) is 11.3 Å². The van der Waals surface area contributed by atoms with E-state index in [0.29, 0.717) is 17.8 Å². The maximum atomic E-state index is 12.6. The molecule has 1 aliphatic carbocycles. The number of rotatable bonds is 2. The van der Waals surface area contributed by atoms with Crippen molar-refractivity contribution in [1.82, 2.24) is 15.2 Å². The second kappa shape index (κ2) is 4.37. The quantitative estimate of drug-likeness (QED) is 0.843. The molecule has 1 unspecified atom stereocenters. The number of thiazole rings is 1. The molecule has 0 aromatic carbocycles. The third-order valence-corrected chi connectivity index (χ3v) is 5.22. The van der Waals surface area contributed by atoms with Crippen molar-refractivity contribution in [2.45, 2.75) is 39.2 Å². The lowest BCUT2D eigenvalue weighted by atomic mass is 9.66. The minimum atomic E-state index is -1.02. The average Bonchev–Trinajstić information content (AvgIpc) is 2.73. The summed E-state index contributed by atoms with van der Waals surface area (Å²) in [7, 11) is 0. The largest absolute Gasteiger partial charge is 0.331 e. The average molecular weight is 293 g/mol. The molecule has 1 aliphatic heterocycles. The molecule has 1 saturated carbocycles. The van der Waals surface area contributed by atoms with Crippen molar-refractivity contribution in [2.24, 2.45) is 5.41 Å². The van der Waals surface area contributed by atoms with E-state index in [9.17, 15) is 14.4 Å². The Kier molecular flexibility index (Phi) is 2.89. The first-order valence-electron chi connectivity index (χ1n) is 6.57. The molecule has 1 aromatic heterocycles. The van der Waals surface area contributed by atoms with Crippen molar-refractivity contribution in [3.05, 3.63) is 16.1 Å². The van der Waals surface area contributed by atoms with E-state index in [2.05, 4.69) is 10.3 Å². The third-order valence-electron chi connectivity index (χ3n) is 4.09. The van der Waals surface area contributed by atoms with E-state index in [0.717, 1.165) is 17.0 Å². The molecule has 20 heavy (non-hydrogen) atoms. The standard InChI is InChI=1S/C13H15N3O3S/c1-7-6-20-9(14-7)8(2)16-11(18)13(4-3-5-13)10(17)15-12(16)19/h6,8H,3-5H2,1-2H3,(H,15,17,19). The zero-order valence-electron chi connectivity index (χ0n) is 11.3. The number of hydrogen-bond donors (Lipinski definition) is 1. The number of carbonyl (C=O) groups is 3. The summed E-state index contributed by atoms with van der Waals surface area (Å²) in [6.07, 6.45) is 1.88. The van der Waals surface area contributed by atoms with E-state index in [4.69, 9.17) is 0 Å². The van der Waals surface area contributed by atoms with E-state index in [-0.39, 0.29) is 5.91 Å². The summed E-state index contributed by atoms with van der Waals surface area (Å²) < 4.78 is 0. The molecule has 1 aromatic rings. The van der Waals surface area contributed by atoms with Crippen molar-refractivity contribution in [2.75, 3.05) is 0 Å². The first-order chi connectivity index (χ1) is 9.45. The Balaban J connectivity index is 1.93. The second-order valence-electron chi connectivity index (χ2n) is 5.37. The van der Waals surface area contributed by atoms with E-state index in [1.54, 1.807) is 6.92 Å². The molecule has 2 fully saturated rings. The fraction of sp³-hybridized carbons (Fsp3) is 0.538. The summed E-state index contributed by atoms with van der Waals surface area (Å²) in [6.45, 7) is 3.62. The van der Waals surface area contributed by atoms with Crippen LogP contribution in [0.1, 0.15) is 42.9 Å². The van der Waals surface area contributed by atoms with Gasteiger partial charge in [-0.05, 0) is 26.7 Å². The van der Waals surface area contributed by atoms with Crippen LogP contribution in [0.5, 0.6) is 0 Å². The number of nitrogens with zero attached hydrogens (tertiary/aromatic N) is 2. The van der Waals surface area contributed by atoms with Gasteiger partial charge in [-0.3, -0.25) is 19.8 Å². The fourth-order valence-electron chi connectivity index (χ4n) is 2.69. The van der Waals surface area contributed by atoms with Gasteiger partial charge < -0.3 is 0 Å². The molecule has 1 atom stereocenters. The van der Waals surface area contributed by atoms with Crippen LogP contribution in [0.15, 0.2) is 5.38 Å². The lowest BCUT2D eigenvalue weighted by molar-refractivity contribution is -0.159. The number of carbonyl (C=O) groups excluding carboxylic acids is 3. The Bertz CT molecular complexity index is 606. The lowest BCUT2D eigenvalue weighted by Gasteiger charge is -2.45. The molecule has 2 heterocycles. The van der Waals surface area contributed by atoms with Crippen LogP contribution in [0.25, 0.3) is 0 Å². The van der Waals surface area contributed by atoms with Gasteiger partial charge in [0.1, 0.15) is 10.4 Å². The van der Waals surface area contributed by atoms with Crippen LogP contribution in [0.4, 0.5) is 4.79 Å². The van der Waals surface area contributed by atoms with E-state index in [1.165, 1.54) is 11.3 Å². The normalized spacial score (nSPS) is 22.7. The topological polar surface area (TPSA) is 79.4 Å². The summed E-state index contributed by atoms with van der Waals surface area (Å²) in [5.41, 5.74) is -0.162. The van der Waals surface area contributed by atoms with Gasteiger partial charge in [0.25, 0.3) is 0 Å². The van der Waals surface area contributed by atoms with Gasteiger partial charge in [0, 0.05) is 11.1 Å². The smallest absolute Gasteiger partial charge is 0.277 e. The van der Waals surface area contributed by atoms with Crippen molar-refractivity contribution in [3.8, 4) is 0 Å². The predicted octanol–water partition coefficient (Wildman–Crippen LogP) is 1.76. The zero-order chi connectivity index (χ0) is 14.5. The molecule has 1 saturated heterocycles. The van der Waals surface area contributed by atoms with Crippen molar-refractivity contribution in [1.29, 1.82) is 0 Å². The Hall–Kier alpha value is -1.76. The van der Waals surface area contributed by atoms with Gasteiger partial charge in [0.15, 0.2) is 0 Å². The summed E-state index contributed by atoms with van der Waals surface area (Å²) in [6, 6.07) is -1.09. The van der Waals surface area contributed by atoms with E-state index >= 15 is 0 Å². The number of imide groups is 2. The van der Waals surface area contributed by atoms with Crippen LogP contribution in [-0.2, 0) is 9.59 Å². The molecule has 1 spiro atoms. The highest BCUT2D eigenvalue weighted by molar-refractivity contribution is 7.09. The maximum absolute atomic E-state index is 12.6. The Labute approximate surface area is 120 Å². The SMILES string of the molecule is Cc1csc(C(C)N2C(=O)NC(=O)C3(CCC3)C2=O)n1. The van der Waals surface area contributed by atoms with Gasteiger partial charge in [0.05, 0.1) is 6.04 Å². The molecule has 0 bridgehead atoms. The number of nitrogens with one attached hydrogen (secondary N) is 1. The minimum absolute atomic E-state index is 0.377. The van der Waals surface area contributed by atoms with Gasteiger partial charge >= 0.3 is 6.03 Å². The minimum Gasteiger partial charge on any atom is -0.277 e. The summed E-state index contributed by atoms with van der Waals surface area (Å²) in [5, 5.41) is 4.90. The molecular weight excluding hydrogens is 278 g/mol. The van der Waals surface area contributed by atoms with Crippen molar-refractivity contribution in [3.63, 3.8) is 0 Å². The number of urea groups is 1. The summed E-state index contributed by atoms with van der Waals surface area (Å²) >= 11 is 1.41. The molecule has 3 rings (SSSR count). The summed E-state index contributed by atoms with van der Waals surface area (Å²) in [5.74, 6) is -0.824. The highest BCUT2D eigenvalue weighted by atomic mass is 32.1. The van der Waals surface area contributed by atoms with Crippen LogP contribution in [0.2, 0.25) is 0 Å². The van der Waals surface area contributed by atoms with Gasteiger partial charge in [-0.2, -0.15) is 0 Å². The first-order valence-corrected chi connectivity index (χ1v) is 7.45. The number of aryl methyl sites for hydroxylation is 1. The van der Waals surface area contributed by atoms with Crippen LogP contribution in [0.3, 0.4) is 0 Å². The van der Waals surface area contributed by atoms with Crippen LogP contribution in [-0.4, -0.2) is 27.7 Å². The molecule has 1 N–H and O–H groups in total. The highest BCUT2D eigenvalue weighted by Crippen LogP contribution is 2.46. The maximum Gasteiger partial charge on any atom is 0.331 e. The number of amides is 4. The third kappa shape index (κ3) is 1.69. The Morgan fingerprint density at radius 3 is 2.60 bits per heavy atom. The molecular formula is C13H15N3O3S. The van der Waals surface area contributed by atoms with Gasteiger partial charge in [-0.1, -0.05) is 6.42 Å². The Morgan fingerprint density at radius 1 is 1.40 bits per heavy atom. The first kappa shape index (κ1) is 13.2. The second-order valence-corrected chi connectivity index (χ2v) is 6.26. The predicted molar refractivity (Wildman–Crippen MR) is 71.9 cm³/mol. The fourth-order valence-corrected chi connectivity index (χ4v) is 3.54. The summed E-state index contributed by atoms with van der Waals surface area (Å²) in [4.78, 5) is 42.0. The zero-order valence-corrected chi connectivity index (χ0v) is 12.1. The van der Waals surface area contributed by atoms with Gasteiger partial charge in [0.2, 0.25) is 11.8 Å². The lowest BCUT2D eigenvalue weighted by Crippen LogP contribution is -2.66. The number of hydrogen-bond acceptors (Lipinski definition) is 5. The van der Waals surface area contributed by atoms with Crippen molar-refractivity contribution < 1.29 is 14.4 Å². The van der Waals surface area contributed by atoms with Crippen LogP contribution >= 0.6 is 11.3 Å². The van der Waals surface area contributed by atoms with E-state index < -0.39 is 23.4 Å². The molecule has 106 valence electrons. The van der Waals surface area contributed by atoms with Gasteiger partial charge in [-0.25, -0.2) is 9.78 Å². The number of barbiturate groups is 1. The molecule has 4 amide bonds.